The van der Waals surface area contributed by atoms with Crippen molar-refractivity contribution in [3.8, 4) is 0 Å². The molecule has 0 aromatic heterocycles. The SMILES string of the molecule is CCN(CC)C(=O)c1ccc(S(=O)(=O)[C@@H]2CCS(=O)(=O)C2)cc1. The van der Waals surface area contributed by atoms with Crippen LogP contribution in [0.4, 0.5) is 0 Å². The van der Waals surface area contributed by atoms with Gasteiger partial charge in [-0.1, -0.05) is 0 Å². The Hall–Kier alpha value is -1.41. The van der Waals surface area contributed by atoms with Crippen molar-refractivity contribution < 1.29 is 21.6 Å². The van der Waals surface area contributed by atoms with Crippen LogP contribution >= 0.6 is 0 Å². The highest BCUT2D eigenvalue weighted by molar-refractivity contribution is 7.96. The van der Waals surface area contributed by atoms with Gasteiger partial charge in [0.1, 0.15) is 0 Å². The number of amides is 1. The molecule has 0 N–H and O–H groups in total. The van der Waals surface area contributed by atoms with Crippen molar-refractivity contribution in [3.63, 3.8) is 0 Å². The number of rotatable bonds is 5. The molecule has 0 unspecified atom stereocenters. The molecule has 1 aliphatic rings. The molecule has 1 amide bonds. The van der Waals surface area contributed by atoms with Crippen molar-refractivity contribution in [2.24, 2.45) is 0 Å². The molecule has 1 fully saturated rings. The number of hydrogen-bond donors (Lipinski definition) is 0. The van der Waals surface area contributed by atoms with Crippen LogP contribution in [-0.2, 0) is 19.7 Å². The zero-order valence-corrected chi connectivity index (χ0v) is 14.9. The van der Waals surface area contributed by atoms with E-state index in [1.165, 1.54) is 24.3 Å². The highest BCUT2D eigenvalue weighted by Crippen LogP contribution is 2.25. The van der Waals surface area contributed by atoms with Crippen molar-refractivity contribution in [2.75, 3.05) is 24.6 Å². The Morgan fingerprint density at radius 1 is 1.17 bits per heavy atom. The van der Waals surface area contributed by atoms with Gasteiger partial charge in [0, 0.05) is 18.7 Å². The number of carbonyl (C=O) groups is 1. The summed E-state index contributed by atoms with van der Waals surface area (Å²) in [7, 11) is -6.95. The van der Waals surface area contributed by atoms with Crippen LogP contribution in [-0.4, -0.2) is 57.5 Å². The molecule has 128 valence electrons. The first-order valence-corrected chi connectivity index (χ1v) is 10.9. The van der Waals surface area contributed by atoms with Crippen molar-refractivity contribution in [1.29, 1.82) is 0 Å². The molecule has 0 radical (unpaired) electrons. The lowest BCUT2D eigenvalue weighted by Gasteiger charge is -2.18. The van der Waals surface area contributed by atoms with E-state index in [-0.39, 0.29) is 28.7 Å². The second-order valence-electron chi connectivity index (χ2n) is 5.57. The average Bonchev–Trinajstić information content (AvgIpc) is 2.89. The van der Waals surface area contributed by atoms with E-state index in [4.69, 9.17) is 0 Å². The van der Waals surface area contributed by atoms with Crippen LogP contribution in [0, 0.1) is 0 Å². The summed E-state index contributed by atoms with van der Waals surface area (Å²) in [5.41, 5.74) is 0.423. The van der Waals surface area contributed by atoms with Gasteiger partial charge in [0.2, 0.25) is 0 Å². The monoisotopic (exact) mass is 359 g/mol. The largest absolute Gasteiger partial charge is 0.339 e. The Balaban J connectivity index is 2.24. The molecule has 1 saturated heterocycles. The topological polar surface area (TPSA) is 88.6 Å². The predicted molar refractivity (Wildman–Crippen MR) is 87.9 cm³/mol. The lowest BCUT2D eigenvalue weighted by Crippen LogP contribution is -2.30. The molecule has 1 atom stereocenters. The molecule has 1 aromatic rings. The number of carbonyl (C=O) groups excluding carboxylic acids is 1. The summed E-state index contributed by atoms with van der Waals surface area (Å²) in [5, 5.41) is -0.892. The van der Waals surface area contributed by atoms with Gasteiger partial charge in [-0.25, -0.2) is 16.8 Å². The quantitative estimate of drug-likeness (QED) is 0.786. The summed E-state index contributed by atoms with van der Waals surface area (Å²) in [4.78, 5) is 13.9. The Morgan fingerprint density at radius 3 is 2.17 bits per heavy atom. The average molecular weight is 359 g/mol. The molecule has 23 heavy (non-hydrogen) atoms. The van der Waals surface area contributed by atoms with E-state index >= 15 is 0 Å². The minimum Gasteiger partial charge on any atom is -0.339 e. The Bertz CT molecular complexity index is 778. The fourth-order valence-electron chi connectivity index (χ4n) is 2.68. The molecule has 1 aromatic carbocycles. The van der Waals surface area contributed by atoms with E-state index in [1.807, 2.05) is 13.8 Å². The third-order valence-corrected chi connectivity index (χ3v) is 8.30. The smallest absolute Gasteiger partial charge is 0.253 e. The first-order valence-electron chi connectivity index (χ1n) is 7.55. The third-order valence-electron chi connectivity index (χ3n) is 4.11. The van der Waals surface area contributed by atoms with Crippen LogP contribution in [0.25, 0.3) is 0 Å². The lowest BCUT2D eigenvalue weighted by atomic mass is 10.2. The molecule has 0 spiro atoms. The van der Waals surface area contributed by atoms with Gasteiger partial charge < -0.3 is 4.90 Å². The summed E-state index contributed by atoms with van der Waals surface area (Å²) in [6.07, 6.45) is 0.130. The molecule has 6 nitrogen and oxygen atoms in total. The van der Waals surface area contributed by atoms with E-state index in [2.05, 4.69) is 0 Å². The van der Waals surface area contributed by atoms with Crippen LogP contribution in [0.15, 0.2) is 29.2 Å². The number of sulfone groups is 2. The van der Waals surface area contributed by atoms with Gasteiger partial charge in [-0.15, -0.1) is 0 Å². The van der Waals surface area contributed by atoms with Crippen LogP contribution in [0.5, 0.6) is 0 Å². The Morgan fingerprint density at radius 2 is 1.74 bits per heavy atom. The number of nitrogens with zero attached hydrogens (tertiary/aromatic N) is 1. The maximum absolute atomic E-state index is 12.5. The Kier molecular flexibility index (Phi) is 5.15. The molecular weight excluding hydrogens is 338 g/mol. The lowest BCUT2D eigenvalue weighted by molar-refractivity contribution is 0.0773. The van der Waals surface area contributed by atoms with Gasteiger partial charge in [-0.3, -0.25) is 4.79 Å². The van der Waals surface area contributed by atoms with E-state index in [9.17, 15) is 21.6 Å². The maximum atomic E-state index is 12.5. The number of benzene rings is 1. The van der Waals surface area contributed by atoms with Crippen molar-refractivity contribution >= 4 is 25.6 Å². The van der Waals surface area contributed by atoms with E-state index < -0.39 is 24.9 Å². The molecule has 1 aliphatic heterocycles. The standard InChI is InChI=1S/C15H21NO5S2/c1-3-16(4-2)15(17)12-5-7-13(8-6-12)23(20,21)14-9-10-22(18,19)11-14/h5-8,14H,3-4,9-11H2,1-2H3/t14-/m1/s1. The maximum Gasteiger partial charge on any atom is 0.253 e. The molecule has 8 heteroatoms. The molecule has 0 aliphatic carbocycles. The first-order chi connectivity index (χ1) is 10.7. The molecule has 0 bridgehead atoms. The highest BCUT2D eigenvalue weighted by Gasteiger charge is 2.38. The summed E-state index contributed by atoms with van der Waals surface area (Å²) in [5.74, 6) is -0.562. The zero-order chi connectivity index (χ0) is 17.3. The van der Waals surface area contributed by atoms with Gasteiger partial charge in [-0.2, -0.15) is 0 Å². The fourth-order valence-corrected chi connectivity index (χ4v) is 7.04. The normalized spacial score (nSPS) is 20.3. The van der Waals surface area contributed by atoms with Gasteiger partial charge >= 0.3 is 0 Å². The summed E-state index contributed by atoms with van der Waals surface area (Å²) in [6, 6.07) is 5.74. The van der Waals surface area contributed by atoms with Crippen LogP contribution in [0.1, 0.15) is 30.6 Å². The number of hydrogen-bond acceptors (Lipinski definition) is 5. The van der Waals surface area contributed by atoms with Crippen molar-refractivity contribution in [3.05, 3.63) is 29.8 Å². The molecular formula is C15H21NO5S2. The van der Waals surface area contributed by atoms with Crippen LogP contribution in [0.2, 0.25) is 0 Å². The summed E-state index contributed by atoms with van der Waals surface area (Å²) in [6.45, 7) is 4.91. The second-order valence-corrected chi connectivity index (χ2v) is 10.0. The molecule has 0 saturated carbocycles. The van der Waals surface area contributed by atoms with Gasteiger partial charge in [0.25, 0.3) is 5.91 Å². The Labute approximate surface area is 137 Å². The van der Waals surface area contributed by atoms with Crippen molar-refractivity contribution in [2.45, 2.75) is 30.4 Å². The van der Waals surface area contributed by atoms with E-state index in [0.29, 0.717) is 18.7 Å². The second kappa shape index (κ2) is 6.60. The third kappa shape index (κ3) is 3.74. The van der Waals surface area contributed by atoms with Crippen molar-refractivity contribution in [1.82, 2.24) is 4.90 Å². The summed E-state index contributed by atoms with van der Waals surface area (Å²) < 4.78 is 48.0. The fraction of sp³-hybridized carbons (Fsp3) is 0.533. The highest BCUT2D eigenvalue weighted by atomic mass is 32.2. The first kappa shape index (κ1) is 17.9. The zero-order valence-electron chi connectivity index (χ0n) is 13.2. The van der Waals surface area contributed by atoms with Gasteiger partial charge in [-0.05, 0) is 44.5 Å². The van der Waals surface area contributed by atoms with Gasteiger partial charge in [0.15, 0.2) is 19.7 Å². The predicted octanol–water partition coefficient (Wildman–Crippen LogP) is 1.13. The summed E-state index contributed by atoms with van der Waals surface area (Å²) >= 11 is 0. The van der Waals surface area contributed by atoms with Gasteiger partial charge in [0.05, 0.1) is 21.7 Å². The molecule has 2 rings (SSSR count). The van der Waals surface area contributed by atoms with E-state index in [1.54, 1.807) is 4.90 Å². The minimum absolute atomic E-state index is 0.0655. The van der Waals surface area contributed by atoms with Crippen LogP contribution in [0.3, 0.4) is 0 Å². The minimum atomic E-state index is -3.69. The van der Waals surface area contributed by atoms with E-state index in [0.717, 1.165) is 0 Å². The van der Waals surface area contributed by atoms with Crippen LogP contribution < -0.4 is 0 Å². The molecule has 1 heterocycles.